The van der Waals surface area contributed by atoms with Crippen LogP contribution in [-0.4, -0.2) is 45.4 Å². The summed E-state index contributed by atoms with van der Waals surface area (Å²) in [5.41, 5.74) is 1.27. The van der Waals surface area contributed by atoms with Gasteiger partial charge < -0.3 is 10.2 Å². The minimum Gasteiger partial charge on any atom is -0.371 e. The Labute approximate surface area is 166 Å². The average molecular weight is 396 g/mol. The van der Waals surface area contributed by atoms with Crippen LogP contribution in [0.2, 0.25) is 0 Å². The third-order valence-corrected chi connectivity index (χ3v) is 7.73. The van der Waals surface area contributed by atoms with Crippen molar-refractivity contribution in [2.75, 3.05) is 31.1 Å². The summed E-state index contributed by atoms with van der Waals surface area (Å²) in [5.74, 6) is 0.646. The van der Waals surface area contributed by atoms with E-state index in [1.165, 1.54) is 5.69 Å². The topological polar surface area (TPSA) is 61.4 Å². The molecule has 1 aliphatic carbocycles. The molecular weight excluding hydrogens is 358 g/mol. The minimum atomic E-state index is -3.25. The third-order valence-electron chi connectivity index (χ3n) is 5.47. The smallest absolute Gasteiger partial charge is 0.216 e. The maximum absolute atomic E-state index is 12.3. The van der Waals surface area contributed by atoms with Crippen molar-refractivity contribution in [2.24, 2.45) is 5.92 Å². The number of nitrogens with one attached hydrogen (secondary N) is 2. The van der Waals surface area contributed by atoms with Crippen molar-refractivity contribution in [3.63, 3.8) is 0 Å². The number of benzene rings is 1. The van der Waals surface area contributed by atoms with Gasteiger partial charge in [-0.05, 0) is 78.0 Å². The predicted molar refractivity (Wildman–Crippen MR) is 115 cm³/mol. The highest BCUT2D eigenvalue weighted by Crippen LogP contribution is 2.25. The Balaban J connectivity index is 1.66. The Bertz CT molecular complexity index is 648. The molecule has 1 saturated carbocycles. The minimum absolute atomic E-state index is 0.0964. The van der Waals surface area contributed by atoms with E-state index < -0.39 is 14.8 Å². The average Bonchev–Trinajstić information content (AvgIpc) is 2.63. The lowest BCUT2D eigenvalue weighted by Crippen LogP contribution is -2.46. The van der Waals surface area contributed by atoms with E-state index in [2.05, 4.69) is 46.1 Å². The fourth-order valence-corrected chi connectivity index (χ4v) is 4.54. The number of para-hydroxylation sites is 1. The van der Waals surface area contributed by atoms with Crippen molar-refractivity contribution in [2.45, 2.75) is 64.2 Å². The monoisotopic (exact) mass is 395 g/mol. The molecule has 1 fully saturated rings. The summed E-state index contributed by atoms with van der Waals surface area (Å²) in [6.45, 7) is 11.4. The molecule has 0 amide bonds. The fraction of sp³-hybridized carbons (Fsp3) is 0.714. The standard InChI is InChI=1S/C21H37N3O2S/c1-5-24(20-9-7-6-8-10-20)16-15-22-17-18-11-13-19(14-12-18)23-27(25,26)21(2,3)4/h6-10,18-19,22-23H,5,11-17H2,1-4H3. The molecule has 1 aliphatic rings. The summed E-state index contributed by atoms with van der Waals surface area (Å²) in [7, 11) is -3.25. The van der Waals surface area contributed by atoms with Gasteiger partial charge in [-0.3, -0.25) is 0 Å². The van der Waals surface area contributed by atoms with E-state index in [0.717, 1.165) is 51.9 Å². The molecule has 0 radical (unpaired) electrons. The second-order valence-electron chi connectivity index (χ2n) is 8.57. The summed E-state index contributed by atoms with van der Waals surface area (Å²) >= 11 is 0. The van der Waals surface area contributed by atoms with Gasteiger partial charge in [0.15, 0.2) is 0 Å². The summed E-state index contributed by atoms with van der Waals surface area (Å²) < 4.78 is 26.8. The van der Waals surface area contributed by atoms with Gasteiger partial charge in [-0.25, -0.2) is 13.1 Å². The van der Waals surface area contributed by atoms with Gasteiger partial charge in [0.1, 0.15) is 0 Å². The SMILES string of the molecule is CCN(CCNCC1CCC(NS(=O)(=O)C(C)(C)C)CC1)c1ccccc1. The molecule has 27 heavy (non-hydrogen) atoms. The highest BCUT2D eigenvalue weighted by Gasteiger charge is 2.32. The van der Waals surface area contributed by atoms with Crippen LogP contribution in [-0.2, 0) is 10.0 Å². The van der Waals surface area contributed by atoms with Crippen molar-refractivity contribution in [1.29, 1.82) is 0 Å². The second kappa shape index (κ2) is 9.89. The first kappa shape index (κ1) is 22.2. The van der Waals surface area contributed by atoms with Crippen LogP contribution >= 0.6 is 0 Å². The molecule has 5 nitrogen and oxygen atoms in total. The maximum Gasteiger partial charge on any atom is 0.216 e. The first-order valence-electron chi connectivity index (χ1n) is 10.3. The first-order valence-corrected chi connectivity index (χ1v) is 11.7. The summed E-state index contributed by atoms with van der Waals surface area (Å²) in [6, 6.07) is 10.6. The number of hydrogen-bond acceptors (Lipinski definition) is 4. The number of nitrogens with zero attached hydrogens (tertiary/aromatic N) is 1. The van der Waals surface area contributed by atoms with Gasteiger partial charge in [0.25, 0.3) is 0 Å². The quantitative estimate of drug-likeness (QED) is 0.629. The van der Waals surface area contributed by atoms with Crippen LogP contribution in [0.15, 0.2) is 30.3 Å². The Morgan fingerprint density at radius 3 is 2.26 bits per heavy atom. The summed E-state index contributed by atoms with van der Waals surface area (Å²) in [4.78, 5) is 2.38. The van der Waals surface area contributed by atoms with Gasteiger partial charge >= 0.3 is 0 Å². The van der Waals surface area contributed by atoms with E-state index in [9.17, 15) is 8.42 Å². The van der Waals surface area contributed by atoms with Crippen molar-refractivity contribution in [3.8, 4) is 0 Å². The van der Waals surface area contributed by atoms with E-state index in [-0.39, 0.29) is 6.04 Å². The van der Waals surface area contributed by atoms with Crippen molar-refractivity contribution >= 4 is 15.7 Å². The Hall–Kier alpha value is -1.11. The molecule has 0 aliphatic heterocycles. The largest absolute Gasteiger partial charge is 0.371 e. The van der Waals surface area contributed by atoms with Crippen molar-refractivity contribution in [1.82, 2.24) is 10.0 Å². The number of anilines is 1. The highest BCUT2D eigenvalue weighted by atomic mass is 32.2. The molecule has 0 unspecified atom stereocenters. The molecule has 0 bridgehead atoms. The molecule has 1 aromatic rings. The second-order valence-corrected chi connectivity index (χ2v) is 11.0. The van der Waals surface area contributed by atoms with E-state index >= 15 is 0 Å². The Morgan fingerprint density at radius 1 is 1.07 bits per heavy atom. The normalized spacial score (nSPS) is 21.2. The number of hydrogen-bond donors (Lipinski definition) is 2. The number of rotatable bonds is 9. The summed E-state index contributed by atoms with van der Waals surface area (Å²) in [5, 5.41) is 3.60. The van der Waals surface area contributed by atoms with Gasteiger partial charge in [-0.1, -0.05) is 18.2 Å². The molecule has 0 saturated heterocycles. The van der Waals surface area contributed by atoms with Gasteiger partial charge in [-0.15, -0.1) is 0 Å². The fourth-order valence-electron chi connectivity index (χ4n) is 3.51. The van der Waals surface area contributed by atoms with Crippen LogP contribution in [0.5, 0.6) is 0 Å². The highest BCUT2D eigenvalue weighted by molar-refractivity contribution is 7.90. The zero-order chi connectivity index (χ0) is 19.9. The Morgan fingerprint density at radius 2 is 1.70 bits per heavy atom. The maximum atomic E-state index is 12.3. The number of sulfonamides is 1. The van der Waals surface area contributed by atoms with Crippen molar-refractivity contribution < 1.29 is 8.42 Å². The molecule has 0 atom stereocenters. The van der Waals surface area contributed by atoms with Gasteiger partial charge in [0.05, 0.1) is 4.75 Å². The van der Waals surface area contributed by atoms with Crippen LogP contribution in [0.3, 0.4) is 0 Å². The van der Waals surface area contributed by atoms with Crippen molar-refractivity contribution in [3.05, 3.63) is 30.3 Å². The van der Waals surface area contributed by atoms with Crippen LogP contribution < -0.4 is 14.9 Å². The molecule has 154 valence electrons. The lowest BCUT2D eigenvalue weighted by molar-refractivity contribution is 0.302. The van der Waals surface area contributed by atoms with E-state index in [1.54, 1.807) is 20.8 Å². The number of likely N-dealkylation sites (N-methyl/N-ethyl adjacent to an activating group) is 1. The molecule has 6 heteroatoms. The Kier molecular flexibility index (Phi) is 8.13. The van der Waals surface area contributed by atoms with Gasteiger partial charge in [-0.2, -0.15) is 0 Å². The molecule has 1 aromatic carbocycles. The molecular formula is C21H37N3O2S. The van der Waals surface area contributed by atoms with Gasteiger partial charge in [0.2, 0.25) is 10.0 Å². The van der Waals surface area contributed by atoms with E-state index in [4.69, 9.17) is 0 Å². The molecule has 0 aromatic heterocycles. The third kappa shape index (κ3) is 6.77. The predicted octanol–water partition coefficient (Wildman–Crippen LogP) is 3.38. The lowest BCUT2D eigenvalue weighted by atomic mass is 9.86. The van der Waals surface area contributed by atoms with E-state index in [1.807, 2.05) is 6.07 Å². The van der Waals surface area contributed by atoms with Gasteiger partial charge in [0, 0.05) is 31.4 Å². The summed E-state index contributed by atoms with van der Waals surface area (Å²) in [6.07, 6.45) is 4.04. The first-order chi connectivity index (χ1) is 12.7. The lowest BCUT2D eigenvalue weighted by Gasteiger charge is -2.31. The van der Waals surface area contributed by atoms with Crippen LogP contribution in [0.25, 0.3) is 0 Å². The van der Waals surface area contributed by atoms with Crippen LogP contribution in [0.4, 0.5) is 5.69 Å². The molecule has 2 rings (SSSR count). The van der Waals surface area contributed by atoms with Crippen LogP contribution in [0, 0.1) is 5.92 Å². The zero-order valence-corrected chi connectivity index (χ0v) is 18.2. The van der Waals surface area contributed by atoms with E-state index in [0.29, 0.717) is 5.92 Å². The van der Waals surface area contributed by atoms with Crippen LogP contribution in [0.1, 0.15) is 53.4 Å². The molecule has 0 heterocycles. The zero-order valence-electron chi connectivity index (χ0n) is 17.4. The molecule has 0 spiro atoms. The molecule has 2 N–H and O–H groups in total.